The summed E-state index contributed by atoms with van der Waals surface area (Å²) in [6, 6.07) is -0.654. The van der Waals surface area contributed by atoms with Crippen LogP contribution in [0, 0.1) is 5.92 Å². The van der Waals surface area contributed by atoms with Crippen molar-refractivity contribution < 1.29 is 19.5 Å². The molecule has 2 fully saturated rings. The van der Waals surface area contributed by atoms with E-state index in [2.05, 4.69) is 5.32 Å². The van der Waals surface area contributed by atoms with Crippen LogP contribution in [-0.4, -0.2) is 65.0 Å². The molecule has 2 rings (SSSR count). The minimum atomic E-state index is -0.856. The van der Waals surface area contributed by atoms with Gasteiger partial charge in [-0.2, -0.15) is 0 Å². The molecule has 0 aromatic rings. The number of piperidine rings is 1. The first-order valence-electron chi connectivity index (χ1n) is 7.10. The summed E-state index contributed by atoms with van der Waals surface area (Å²) in [4.78, 5) is 38.5. The van der Waals surface area contributed by atoms with Crippen LogP contribution in [0.2, 0.25) is 0 Å². The highest BCUT2D eigenvalue weighted by molar-refractivity contribution is 5.88. The van der Waals surface area contributed by atoms with Crippen molar-refractivity contribution in [2.45, 2.75) is 32.2 Å². The van der Waals surface area contributed by atoms with Crippen molar-refractivity contribution in [1.82, 2.24) is 15.1 Å². The summed E-state index contributed by atoms with van der Waals surface area (Å²) in [5.41, 5.74) is 0. The number of rotatable bonds is 2. The predicted molar refractivity (Wildman–Crippen MR) is 71.1 cm³/mol. The molecule has 0 bridgehead atoms. The minimum absolute atomic E-state index is 0.126. The fourth-order valence-corrected chi connectivity index (χ4v) is 2.88. The lowest BCUT2D eigenvalue weighted by molar-refractivity contribution is -0.143. The maximum atomic E-state index is 12.5. The van der Waals surface area contributed by atoms with Gasteiger partial charge in [-0.05, 0) is 19.3 Å². The quantitative estimate of drug-likeness (QED) is 0.753. The average Bonchev–Trinajstić information content (AvgIpc) is 2.46. The van der Waals surface area contributed by atoms with Gasteiger partial charge in [-0.3, -0.25) is 9.59 Å². The Morgan fingerprint density at radius 2 is 2.15 bits per heavy atom. The number of nitrogens with one attached hydrogen (secondary N) is 1. The van der Waals surface area contributed by atoms with Crippen LogP contribution in [0.4, 0.5) is 4.79 Å². The van der Waals surface area contributed by atoms with Gasteiger partial charge in [-0.25, -0.2) is 4.79 Å². The molecule has 2 aliphatic heterocycles. The lowest BCUT2D eigenvalue weighted by atomic mass is 9.98. The Bertz CT molecular complexity index is 412. The number of urea groups is 1. The highest BCUT2D eigenvalue weighted by Crippen LogP contribution is 2.20. The minimum Gasteiger partial charge on any atom is -0.481 e. The second kappa shape index (κ2) is 6.11. The normalized spacial score (nSPS) is 27.1. The third-order valence-corrected chi connectivity index (χ3v) is 4.00. The van der Waals surface area contributed by atoms with Crippen molar-refractivity contribution in [3.05, 3.63) is 0 Å². The number of likely N-dealkylation sites (tertiary alicyclic amines) is 1. The van der Waals surface area contributed by atoms with E-state index in [-0.39, 0.29) is 18.5 Å². The van der Waals surface area contributed by atoms with Crippen molar-refractivity contribution in [3.63, 3.8) is 0 Å². The van der Waals surface area contributed by atoms with E-state index in [0.717, 1.165) is 0 Å². The molecule has 0 aromatic heterocycles. The van der Waals surface area contributed by atoms with Gasteiger partial charge >= 0.3 is 12.0 Å². The smallest absolute Gasteiger partial charge is 0.320 e. The monoisotopic (exact) mass is 283 g/mol. The Morgan fingerprint density at radius 1 is 1.40 bits per heavy atom. The fourth-order valence-electron chi connectivity index (χ4n) is 2.88. The van der Waals surface area contributed by atoms with E-state index in [1.54, 1.807) is 9.80 Å². The molecule has 3 amide bonds. The standard InChI is InChI=1S/C13H21N3O4/c1-2-10-11(17)14-5-7-16(10)13(20)15-6-3-4-9(8-15)12(18)19/h9-10H,2-8H2,1H3,(H,14,17)(H,18,19)/t9-,10?/m1/s1. The van der Waals surface area contributed by atoms with Gasteiger partial charge in [0.2, 0.25) is 5.91 Å². The van der Waals surface area contributed by atoms with Crippen molar-refractivity contribution in [3.8, 4) is 0 Å². The van der Waals surface area contributed by atoms with Gasteiger partial charge in [-0.15, -0.1) is 0 Å². The lowest BCUT2D eigenvalue weighted by Gasteiger charge is -2.40. The van der Waals surface area contributed by atoms with E-state index in [1.165, 1.54) is 0 Å². The molecule has 2 saturated heterocycles. The molecule has 0 spiro atoms. The molecule has 2 atom stereocenters. The molecular weight excluding hydrogens is 262 g/mol. The van der Waals surface area contributed by atoms with Crippen LogP contribution in [0.3, 0.4) is 0 Å². The third-order valence-electron chi connectivity index (χ3n) is 4.00. The van der Waals surface area contributed by atoms with E-state index in [9.17, 15) is 14.4 Å². The number of carboxylic acid groups (broad SMARTS) is 1. The van der Waals surface area contributed by atoms with E-state index < -0.39 is 17.9 Å². The summed E-state index contributed by atoms with van der Waals surface area (Å²) < 4.78 is 0. The molecule has 20 heavy (non-hydrogen) atoms. The first kappa shape index (κ1) is 14.6. The summed E-state index contributed by atoms with van der Waals surface area (Å²) >= 11 is 0. The summed E-state index contributed by atoms with van der Waals surface area (Å²) in [5.74, 6) is -1.48. The molecular formula is C13H21N3O4. The second-order valence-corrected chi connectivity index (χ2v) is 5.31. The fraction of sp³-hybridized carbons (Fsp3) is 0.769. The Morgan fingerprint density at radius 3 is 2.80 bits per heavy atom. The molecule has 2 aliphatic rings. The van der Waals surface area contributed by atoms with Crippen LogP contribution >= 0.6 is 0 Å². The third kappa shape index (κ3) is 2.86. The van der Waals surface area contributed by atoms with Crippen molar-refractivity contribution >= 4 is 17.9 Å². The Hall–Kier alpha value is -1.79. The zero-order chi connectivity index (χ0) is 14.7. The van der Waals surface area contributed by atoms with E-state index in [1.807, 2.05) is 6.92 Å². The molecule has 112 valence electrons. The maximum absolute atomic E-state index is 12.5. The summed E-state index contributed by atoms with van der Waals surface area (Å²) in [5, 5.41) is 11.8. The molecule has 1 unspecified atom stereocenters. The maximum Gasteiger partial charge on any atom is 0.320 e. The van der Waals surface area contributed by atoms with E-state index in [0.29, 0.717) is 38.9 Å². The number of carboxylic acids is 1. The second-order valence-electron chi connectivity index (χ2n) is 5.31. The van der Waals surface area contributed by atoms with Gasteiger partial charge in [-0.1, -0.05) is 6.92 Å². The summed E-state index contributed by atoms with van der Waals surface area (Å²) in [6.45, 7) is 3.61. The molecule has 0 aromatic carbocycles. The average molecular weight is 283 g/mol. The number of hydrogen-bond acceptors (Lipinski definition) is 3. The number of hydrogen-bond donors (Lipinski definition) is 2. The van der Waals surface area contributed by atoms with Gasteiger partial charge in [0.15, 0.2) is 0 Å². The van der Waals surface area contributed by atoms with Gasteiger partial charge in [0, 0.05) is 26.2 Å². The molecule has 0 saturated carbocycles. The molecule has 0 aliphatic carbocycles. The first-order chi connectivity index (χ1) is 9.54. The Labute approximate surface area is 117 Å². The van der Waals surface area contributed by atoms with Crippen molar-refractivity contribution in [1.29, 1.82) is 0 Å². The zero-order valence-corrected chi connectivity index (χ0v) is 11.7. The number of nitrogens with zero attached hydrogens (tertiary/aromatic N) is 2. The number of aliphatic carboxylic acids is 1. The Balaban J connectivity index is 2.05. The van der Waals surface area contributed by atoms with Crippen LogP contribution in [-0.2, 0) is 9.59 Å². The van der Waals surface area contributed by atoms with Crippen LogP contribution < -0.4 is 5.32 Å². The van der Waals surface area contributed by atoms with E-state index >= 15 is 0 Å². The van der Waals surface area contributed by atoms with Crippen LogP contribution in [0.1, 0.15) is 26.2 Å². The summed E-state index contributed by atoms with van der Waals surface area (Å²) in [6.07, 6.45) is 1.87. The predicted octanol–water partition coefficient (Wildman–Crippen LogP) is 0.113. The molecule has 2 N–H and O–H groups in total. The highest BCUT2D eigenvalue weighted by atomic mass is 16.4. The van der Waals surface area contributed by atoms with Gasteiger partial charge in [0.1, 0.15) is 6.04 Å². The zero-order valence-electron chi connectivity index (χ0n) is 11.7. The van der Waals surface area contributed by atoms with E-state index in [4.69, 9.17) is 5.11 Å². The Kier molecular flexibility index (Phi) is 4.46. The van der Waals surface area contributed by atoms with Crippen LogP contribution in [0.5, 0.6) is 0 Å². The van der Waals surface area contributed by atoms with Crippen LogP contribution in [0.25, 0.3) is 0 Å². The molecule has 7 nitrogen and oxygen atoms in total. The lowest BCUT2D eigenvalue weighted by Crippen LogP contribution is -2.60. The largest absolute Gasteiger partial charge is 0.481 e. The molecule has 7 heteroatoms. The van der Waals surface area contributed by atoms with Gasteiger partial charge in [0.25, 0.3) is 0 Å². The van der Waals surface area contributed by atoms with Crippen molar-refractivity contribution in [2.24, 2.45) is 5.92 Å². The molecule has 0 radical (unpaired) electrons. The summed E-state index contributed by atoms with van der Waals surface area (Å²) in [7, 11) is 0. The SMILES string of the molecule is CCC1C(=O)NCCN1C(=O)N1CCC[C@@H](C(=O)O)C1. The number of carbonyl (C=O) groups is 3. The number of amides is 3. The van der Waals surface area contributed by atoms with Gasteiger partial charge < -0.3 is 20.2 Å². The van der Waals surface area contributed by atoms with Crippen LogP contribution in [0.15, 0.2) is 0 Å². The van der Waals surface area contributed by atoms with Crippen molar-refractivity contribution in [2.75, 3.05) is 26.2 Å². The highest BCUT2D eigenvalue weighted by Gasteiger charge is 2.36. The first-order valence-corrected chi connectivity index (χ1v) is 7.10. The number of piperazine rings is 1. The molecule has 2 heterocycles. The topological polar surface area (TPSA) is 90.0 Å². The van der Waals surface area contributed by atoms with Gasteiger partial charge in [0.05, 0.1) is 5.92 Å². The number of carbonyl (C=O) groups excluding carboxylic acids is 2.